The van der Waals surface area contributed by atoms with Gasteiger partial charge in [0.05, 0.1) is 6.07 Å². The van der Waals surface area contributed by atoms with Crippen LogP contribution in [0, 0.1) is 6.92 Å². The second-order valence-electron chi connectivity index (χ2n) is 4.70. The van der Waals surface area contributed by atoms with Gasteiger partial charge in [-0.25, -0.2) is 0 Å². The van der Waals surface area contributed by atoms with Crippen molar-refractivity contribution < 1.29 is 4.74 Å². The third kappa shape index (κ3) is 2.93. The van der Waals surface area contributed by atoms with Gasteiger partial charge in [-0.3, -0.25) is 4.79 Å². The first-order chi connectivity index (χ1) is 8.97. The van der Waals surface area contributed by atoms with Crippen LogP contribution in [0.3, 0.4) is 0 Å². The van der Waals surface area contributed by atoms with Gasteiger partial charge in [0.15, 0.2) is 0 Å². The standard InChI is InChI=1S/C14H17N3O2/c1-8(2)14-16-12(18)7-13(17-14)19-11-6-4-5-10(15)9(11)3/h4-8H,15H2,1-3H3,(H,16,17,18). The number of anilines is 1. The molecule has 5 heteroatoms. The maximum Gasteiger partial charge on any atom is 0.254 e. The number of rotatable bonds is 3. The normalized spacial score (nSPS) is 10.7. The van der Waals surface area contributed by atoms with Gasteiger partial charge in [-0.05, 0) is 19.1 Å². The van der Waals surface area contributed by atoms with Gasteiger partial charge < -0.3 is 15.5 Å². The Morgan fingerprint density at radius 2 is 2.11 bits per heavy atom. The van der Waals surface area contributed by atoms with Crippen molar-refractivity contribution in [3.63, 3.8) is 0 Å². The van der Waals surface area contributed by atoms with E-state index in [0.717, 1.165) is 5.56 Å². The van der Waals surface area contributed by atoms with E-state index in [0.29, 0.717) is 17.3 Å². The molecular weight excluding hydrogens is 242 g/mol. The summed E-state index contributed by atoms with van der Waals surface area (Å²) in [6, 6.07) is 6.72. The molecule has 19 heavy (non-hydrogen) atoms. The Hall–Kier alpha value is -2.30. The summed E-state index contributed by atoms with van der Waals surface area (Å²) in [4.78, 5) is 18.5. The third-order valence-corrected chi connectivity index (χ3v) is 2.82. The number of nitrogens with two attached hydrogens (primary N) is 1. The number of H-pyrrole nitrogens is 1. The molecule has 3 N–H and O–H groups in total. The van der Waals surface area contributed by atoms with Crippen molar-refractivity contribution >= 4 is 5.69 Å². The monoisotopic (exact) mass is 259 g/mol. The van der Waals surface area contributed by atoms with Crippen molar-refractivity contribution in [3.8, 4) is 11.6 Å². The van der Waals surface area contributed by atoms with Gasteiger partial charge in [-0.2, -0.15) is 4.98 Å². The van der Waals surface area contributed by atoms with E-state index in [1.54, 1.807) is 18.2 Å². The molecule has 0 radical (unpaired) electrons. The molecule has 0 aliphatic heterocycles. The summed E-state index contributed by atoms with van der Waals surface area (Å²) in [5.74, 6) is 1.61. The van der Waals surface area contributed by atoms with E-state index in [4.69, 9.17) is 10.5 Å². The van der Waals surface area contributed by atoms with E-state index in [9.17, 15) is 4.79 Å². The summed E-state index contributed by atoms with van der Waals surface area (Å²) in [6.45, 7) is 5.77. The van der Waals surface area contributed by atoms with Gasteiger partial charge >= 0.3 is 0 Å². The van der Waals surface area contributed by atoms with Crippen LogP contribution in [0.15, 0.2) is 29.1 Å². The summed E-state index contributed by atoms with van der Waals surface area (Å²) >= 11 is 0. The van der Waals surface area contributed by atoms with Gasteiger partial charge in [0.2, 0.25) is 5.88 Å². The molecule has 0 fully saturated rings. The summed E-state index contributed by atoms with van der Waals surface area (Å²) in [5.41, 5.74) is 7.06. The molecule has 1 aromatic carbocycles. The molecule has 0 atom stereocenters. The average Bonchev–Trinajstić information content (AvgIpc) is 2.34. The molecule has 100 valence electrons. The van der Waals surface area contributed by atoms with Crippen molar-refractivity contribution in [2.45, 2.75) is 26.7 Å². The Labute approximate surface area is 111 Å². The minimum Gasteiger partial charge on any atom is -0.438 e. The van der Waals surface area contributed by atoms with Crippen LogP contribution < -0.4 is 16.0 Å². The molecule has 0 unspecified atom stereocenters. The van der Waals surface area contributed by atoms with E-state index >= 15 is 0 Å². The minimum atomic E-state index is -0.227. The lowest BCUT2D eigenvalue weighted by molar-refractivity contribution is 0.452. The van der Waals surface area contributed by atoms with E-state index in [1.807, 2.05) is 20.8 Å². The Morgan fingerprint density at radius 3 is 2.79 bits per heavy atom. The second kappa shape index (κ2) is 5.14. The number of nitrogens with one attached hydrogen (secondary N) is 1. The first kappa shape index (κ1) is 13.1. The van der Waals surface area contributed by atoms with Crippen LogP contribution >= 0.6 is 0 Å². The second-order valence-corrected chi connectivity index (χ2v) is 4.70. The topological polar surface area (TPSA) is 81.0 Å². The summed E-state index contributed by atoms with van der Waals surface area (Å²) < 4.78 is 5.65. The number of nitrogens with zero attached hydrogens (tertiary/aromatic N) is 1. The Bertz CT molecular complexity index is 647. The summed E-state index contributed by atoms with van der Waals surface area (Å²) in [6.07, 6.45) is 0. The third-order valence-electron chi connectivity index (χ3n) is 2.82. The lowest BCUT2D eigenvalue weighted by Gasteiger charge is -2.11. The van der Waals surface area contributed by atoms with Crippen LogP contribution in [-0.2, 0) is 0 Å². The van der Waals surface area contributed by atoms with Gasteiger partial charge in [0.25, 0.3) is 5.56 Å². The largest absolute Gasteiger partial charge is 0.438 e. The number of hydrogen-bond donors (Lipinski definition) is 2. The van der Waals surface area contributed by atoms with Crippen molar-refractivity contribution in [2.24, 2.45) is 0 Å². The Kier molecular flexibility index (Phi) is 3.55. The molecule has 0 amide bonds. The lowest BCUT2D eigenvalue weighted by Crippen LogP contribution is -2.12. The van der Waals surface area contributed by atoms with Gasteiger partial charge in [0.1, 0.15) is 11.6 Å². The number of benzene rings is 1. The fraction of sp³-hybridized carbons (Fsp3) is 0.286. The van der Waals surface area contributed by atoms with Crippen molar-refractivity contribution in [1.29, 1.82) is 0 Å². The van der Waals surface area contributed by atoms with Crippen LogP contribution in [0.4, 0.5) is 5.69 Å². The van der Waals surface area contributed by atoms with Gasteiger partial charge in [-0.15, -0.1) is 0 Å². The molecule has 2 aromatic rings. The van der Waals surface area contributed by atoms with Gasteiger partial charge in [0, 0.05) is 17.2 Å². The van der Waals surface area contributed by atoms with Crippen LogP contribution in [0.2, 0.25) is 0 Å². The first-order valence-electron chi connectivity index (χ1n) is 6.11. The fourth-order valence-corrected chi connectivity index (χ4v) is 1.63. The molecule has 2 rings (SSSR count). The predicted octanol–water partition coefficient (Wildman–Crippen LogP) is 2.58. The van der Waals surface area contributed by atoms with Crippen molar-refractivity contribution in [3.05, 3.63) is 46.0 Å². The van der Waals surface area contributed by atoms with Crippen LogP contribution in [-0.4, -0.2) is 9.97 Å². The molecule has 0 saturated carbocycles. The van der Waals surface area contributed by atoms with Crippen LogP contribution in [0.5, 0.6) is 11.6 Å². The first-order valence-corrected chi connectivity index (χ1v) is 6.11. The molecule has 0 saturated heterocycles. The molecule has 1 aromatic heterocycles. The van der Waals surface area contributed by atoms with E-state index in [2.05, 4.69) is 9.97 Å². The Balaban J connectivity index is 2.38. The van der Waals surface area contributed by atoms with Crippen LogP contribution in [0.25, 0.3) is 0 Å². The predicted molar refractivity (Wildman–Crippen MR) is 74.6 cm³/mol. The number of ether oxygens (including phenoxy) is 1. The summed E-state index contributed by atoms with van der Waals surface area (Å²) in [7, 11) is 0. The highest BCUT2D eigenvalue weighted by molar-refractivity contribution is 5.53. The minimum absolute atomic E-state index is 0.123. The Morgan fingerprint density at radius 1 is 1.37 bits per heavy atom. The quantitative estimate of drug-likeness (QED) is 0.830. The summed E-state index contributed by atoms with van der Waals surface area (Å²) in [5, 5.41) is 0. The van der Waals surface area contributed by atoms with Crippen molar-refractivity contribution in [2.75, 3.05) is 5.73 Å². The van der Waals surface area contributed by atoms with E-state index < -0.39 is 0 Å². The molecule has 0 spiro atoms. The molecule has 0 bridgehead atoms. The molecule has 5 nitrogen and oxygen atoms in total. The fourth-order valence-electron chi connectivity index (χ4n) is 1.63. The smallest absolute Gasteiger partial charge is 0.254 e. The SMILES string of the molecule is Cc1c(N)cccc1Oc1cc(=O)[nH]c(C(C)C)n1. The number of aromatic nitrogens is 2. The highest BCUT2D eigenvalue weighted by Crippen LogP contribution is 2.27. The zero-order valence-corrected chi connectivity index (χ0v) is 11.2. The lowest BCUT2D eigenvalue weighted by atomic mass is 10.2. The molecule has 0 aliphatic rings. The van der Waals surface area contributed by atoms with Crippen LogP contribution in [0.1, 0.15) is 31.2 Å². The highest BCUT2D eigenvalue weighted by Gasteiger charge is 2.09. The van der Waals surface area contributed by atoms with Gasteiger partial charge in [-0.1, -0.05) is 19.9 Å². The molecule has 1 heterocycles. The zero-order valence-electron chi connectivity index (χ0n) is 11.2. The van der Waals surface area contributed by atoms with E-state index in [1.165, 1.54) is 6.07 Å². The number of hydrogen-bond acceptors (Lipinski definition) is 4. The number of nitrogen functional groups attached to an aromatic ring is 1. The zero-order chi connectivity index (χ0) is 14.0. The maximum absolute atomic E-state index is 11.6. The average molecular weight is 259 g/mol. The molecule has 0 aliphatic carbocycles. The van der Waals surface area contributed by atoms with Crippen molar-refractivity contribution in [1.82, 2.24) is 9.97 Å². The maximum atomic E-state index is 11.6. The molecular formula is C14H17N3O2. The highest BCUT2D eigenvalue weighted by atomic mass is 16.5. The van der Waals surface area contributed by atoms with E-state index in [-0.39, 0.29) is 17.4 Å². The number of aromatic amines is 1.